The molecule has 0 saturated carbocycles. The van der Waals surface area contributed by atoms with Crippen LogP contribution in [-0.2, 0) is 7.05 Å². The molecule has 0 aliphatic rings. The lowest BCUT2D eigenvalue weighted by molar-refractivity contribution is 0.426. The number of nitrogens with zero attached hydrogens (tertiary/aromatic N) is 4. The SMILES string of the molecule is Cn1cc(-c2nc(Br)no2)cn1. The van der Waals surface area contributed by atoms with Crippen LogP contribution in [0.4, 0.5) is 0 Å². The maximum absolute atomic E-state index is 4.90. The van der Waals surface area contributed by atoms with Gasteiger partial charge in [-0.1, -0.05) is 0 Å². The predicted molar refractivity (Wildman–Crippen MR) is 44.2 cm³/mol. The third kappa shape index (κ3) is 1.25. The van der Waals surface area contributed by atoms with E-state index in [1.807, 2.05) is 7.05 Å². The minimum atomic E-state index is 0.446. The van der Waals surface area contributed by atoms with Gasteiger partial charge in [-0.05, 0) is 21.1 Å². The van der Waals surface area contributed by atoms with Gasteiger partial charge in [-0.25, -0.2) is 0 Å². The van der Waals surface area contributed by atoms with Crippen molar-refractivity contribution < 1.29 is 4.52 Å². The summed E-state index contributed by atoms with van der Waals surface area (Å²) < 4.78 is 7.02. The zero-order valence-corrected chi connectivity index (χ0v) is 7.82. The van der Waals surface area contributed by atoms with Crippen molar-refractivity contribution in [3.63, 3.8) is 0 Å². The highest BCUT2D eigenvalue weighted by molar-refractivity contribution is 9.10. The van der Waals surface area contributed by atoms with Crippen LogP contribution in [0.3, 0.4) is 0 Å². The molecule has 0 aliphatic carbocycles. The van der Waals surface area contributed by atoms with E-state index < -0.39 is 0 Å². The largest absolute Gasteiger partial charge is 0.333 e. The van der Waals surface area contributed by atoms with Gasteiger partial charge in [-0.3, -0.25) is 4.68 Å². The number of aryl methyl sites for hydroxylation is 1. The summed E-state index contributed by atoms with van der Waals surface area (Å²) in [4.78, 5) is 3.98. The van der Waals surface area contributed by atoms with E-state index in [2.05, 4.69) is 31.2 Å². The maximum Gasteiger partial charge on any atom is 0.261 e. The van der Waals surface area contributed by atoms with Crippen LogP contribution >= 0.6 is 15.9 Å². The van der Waals surface area contributed by atoms with Crippen molar-refractivity contribution in [3.8, 4) is 11.5 Å². The first-order chi connectivity index (χ1) is 5.75. The monoisotopic (exact) mass is 228 g/mol. The van der Waals surface area contributed by atoms with Crippen LogP contribution in [0.15, 0.2) is 21.7 Å². The van der Waals surface area contributed by atoms with Crippen LogP contribution in [-0.4, -0.2) is 19.9 Å². The lowest BCUT2D eigenvalue weighted by Gasteiger charge is -1.82. The van der Waals surface area contributed by atoms with Crippen molar-refractivity contribution in [2.45, 2.75) is 0 Å². The van der Waals surface area contributed by atoms with E-state index in [1.165, 1.54) is 0 Å². The van der Waals surface area contributed by atoms with Gasteiger partial charge in [0.05, 0.1) is 11.8 Å². The van der Waals surface area contributed by atoms with E-state index in [4.69, 9.17) is 4.52 Å². The Labute approximate surface area is 76.5 Å². The number of rotatable bonds is 1. The van der Waals surface area contributed by atoms with Gasteiger partial charge in [0.1, 0.15) is 0 Å². The highest BCUT2D eigenvalue weighted by Crippen LogP contribution is 2.16. The van der Waals surface area contributed by atoms with E-state index in [9.17, 15) is 0 Å². The molecular weight excluding hydrogens is 224 g/mol. The van der Waals surface area contributed by atoms with Crippen LogP contribution < -0.4 is 0 Å². The fourth-order valence-corrected chi connectivity index (χ4v) is 1.09. The molecule has 2 rings (SSSR count). The summed E-state index contributed by atoms with van der Waals surface area (Å²) in [6, 6.07) is 0. The molecular formula is C6H5BrN4O. The molecule has 0 aromatic carbocycles. The van der Waals surface area contributed by atoms with E-state index in [1.54, 1.807) is 17.1 Å². The summed E-state index contributed by atoms with van der Waals surface area (Å²) in [5.41, 5.74) is 0.815. The van der Waals surface area contributed by atoms with Crippen molar-refractivity contribution >= 4 is 15.9 Å². The molecule has 0 saturated heterocycles. The molecule has 6 heteroatoms. The molecule has 0 spiro atoms. The van der Waals surface area contributed by atoms with Crippen LogP contribution in [0.25, 0.3) is 11.5 Å². The Morgan fingerprint density at radius 3 is 2.92 bits per heavy atom. The van der Waals surface area contributed by atoms with Gasteiger partial charge >= 0.3 is 0 Å². The summed E-state index contributed by atoms with van der Waals surface area (Å²) in [5.74, 6) is 0.468. The van der Waals surface area contributed by atoms with Gasteiger partial charge in [0, 0.05) is 13.2 Å². The number of hydrogen-bond donors (Lipinski definition) is 0. The fourth-order valence-electron chi connectivity index (χ4n) is 0.854. The molecule has 0 fully saturated rings. The third-order valence-corrected chi connectivity index (χ3v) is 1.68. The molecule has 0 aliphatic heterocycles. The molecule has 2 heterocycles. The lowest BCUT2D eigenvalue weighted by Crippen LogP contribution is -1.84. The zero-order valence-electron chi connectivity index (χ0n) is 6.23. The first-order valence-corrected chi connectivity index (χ1v) is 4.03. The van der Waals surface area contributed by atoms with Crippen molar-refractivity contribution in [3.05, 3.63) is 17.1 Å². The van der Waals surface area contributed by atoms with Crippen LogP contribution in [0, 0.1) is 0 Å². The lowest BCUT2D eigenvalue weighted by atomic mass is 10.4. The standard InChI is InChI=1S/C6H5BrN4O/c1-11-3-4(2-8-11)5-9-6(7)10-12-5/h2-3H,1H3. The van der Waals surface area contributed by atoms with Gasteiger partial charge < -0.3 is 4.52 Å². The Morgan fingerprint density at radius 2 is 2.42 bits per heavy atom. The second-order valence-electron chi connectivity index (χ2n) is 2.27. The summed E-state index contributed by atoms with van der Waals surface area (Å²) in [7, 11) is 1.83. The van der Waals surface area contributed by atoms with Crippen LogP contribution in [0.5, 0.6) is 0 Å². The second-order valence-corrected chi connectivity index (χ2v) is 2.98. The molecule has 2 aromatic rings. The Balaban J connectivity index is 2.43. The van der Waals surface area contributed by atoms with Gasteiger partial charge in [0.2, 0.25) is 4.73 Å². The molecule has 0 bridgehead atoms. The third-order valence-electron chi connectivity index (χ3n) is 1.35. The van der Waals surface area contributed by atoms with Crippen molar-refractivity contribution in [2.75, 3.05) is 0 Å². The summed E-state index contributed by atoms with van der Waals surface area (Å²) >= 11 is 3.09. The molecule has 0 N–H and O–H groups in total. The first-order valence-electron chi connectivity index (χ1n) is 3.24. The highest BCUT2D eigenvalue weighted by atomic mass is 79.9. The number of aromatic nitrogens is 4. The molecule has 5 nitrogen and oxygen atoms in total. The number of halogens is 1. The Morgan fingerprint density at radius 1 is 1.58 bits per heavy atom. The molecule has 0 atom stereocenters. The van der Waals surface area contributed by atoms with E-state index in [-0.39, 0.29) is 0 Å². The predicted octanol–water partition coefficient (Wildman–Crippen LogP) is 1.23. The van der Waals surface area contributed by atoms with E-state index >= 15 is 0 Å². The summed E-state index contributed by atoms with van der Waals surface area (Å²) in [6.45, 7) is 0. The van der Waals surface area contributed by atoms with Crippen molar-refractivity contribution in [1.29, 1.82) is 0 Å². The van der Waals surface area contributed by atoms with Gasteiger partial charge in [-0.15, -0.1) is 0 Å². The van der Waals surface area contributed by atoms with E-state index in [0.29, 0.717) is 10.6 Å². The molecule has 0 unspecified atom stereocenters. The summed E-state index contributed by atoms with van der Waals surface area (Å²) in [6.07, 6.45) is 3.47. The average Bonchev–Trinajstić information content (AvgIpc) is 2.58. The smallest absolute Gasteiger partial charge is 0.261 e. The van der Waals surface area contributed by atoms with Crippen molar-refractivity contribution in [1.82, 2.24) is 19.9 Å². The fraction of sp³-hybridized carbons (Fsp3) is 0.167. The highest BCUT2D eigenvalue weighted by Gasteiger charge is 2.07. The second kappa shape index (κ2) is 2.71. The molecule has 0 radical (unpaired) electrons. The molecule has 62 valence electrons. The Bertz CT molecular complexity index is 355. The molecule has 12 heavy (non-hydrogen) atoms. The number of hydrogen-bond acceptors (Lipinski definition) is 4. The maximum atomic E-state index is 4.90. The topological polar surface area (TPSA) is 56.7 Å². The quantitative estimate of drug-likeness (QED) is 0.737. The van der Waals surface area contributed by atoms with E-state index in [0.717, 1.165) is 5.56 Å². The van der Waals surface area contributed by atoms with Crippen LogP contribution in [0.2, 0.25) is 0 Å². The Kier molecular flexibility index (Phi) is 1.69. The van der Waals surface area contributed by atoms with Gasteiger partial charge in [-0.2, -0.15) is 10.1 Å². The normalized spacial score (nSPS) is 10.5. The summed E-state index contributed by atoms with van der Waals surface area (Å²) in [5, 5.41) is 7.57. The Hall–Kier alpha value is -1.17. The van der Waals surface area contributed by atoms with Gasteiger partial charge in [0.25, 0.3) is 5.89 Å². The van der Waals surface area contributed by atoms with Crippen molar-refractivity contribution in [2.24, 2.45) is 7.05 Å². The van der Waals surface area contributed by atoms with Gasteiger partial charge in [0.15, 0.2) is 0 Å². The molecule has 2 aromatic heterocycles. The first kappa shape index (κ1) is 7.48. The average molecular weight is 229 g/mol. The van der Waals surface area contributed by atoms with Crippen LogP contribution in [0.1, 0.15) is 0 Å². The minimum absolute atomic E-state index is 0.446. The molecule has 0 amide bonds. The zero-order chi connectivity index (χ0) is 8.55. The minimum Gasteiger partial charge on any atom is -0.333 e.